The molecule has 0 heterocycles. The van der Waals surface area contributed by atoms with Gasteiger partial charge in [0.2, 0.25) is 0 Å². The van der Waals surface area contributed by atoms with Gasteiger partial charge in [-0.15, -0.1) is 0 Å². The van der Waals surface area contributed by atoms with Crippen LogP contribution < -0.4 is 9.47 Å². The highest BCUT2D eigenvalue weighted by Crippen LogP contribution is 2.28. The second-order valence-electron chi connectivity index (χ2n) is 8.26. The average molecular weight is 459 g/mol. The standard InChI is InChI=1S/C14H20O3.C13H18O3/c1-4-5-12(15)10(2)8-11-6-7-13(16)14(9-11)17-3;1-4-11(14)9(2)7-10-5-6-12(15)13(8-10)16-3/h6-7,9-10,16H,4-5,8H2,1-3H3;5-6,8-9,15H,4,7H2,1-3H3. The minimum Gasteiger partial charge on any atom is -0.504 e. The maximum absolute atomic E-state index is 11.7. The topological polar surface area (TPSA) is 93.1 Å². The zero-order chi connectivity index (χ0) is 25.0. The highest BCUT2D eigenvalue weighted by molar-refractivity contribution is 5.81. The number of carbonyl (C=O) groups excluding carboxylic acids is 2. The molecule has 182 valence electrons. The molecule has 6 nitrogen and oxygen atoms in total. The Labute approximate surface area is 197 Å². The van der Waals surface area contributed by atoms with Crippen LogP contribution >= 0.6 is 0 Å². The Balaban J connectivity index is 0.000000331. The van der Waals surface area contributed by atoms with E-state index < -0.39 is 0 Å². The van der Waals surface area contributed by atoms with E-state index in [2.05, 4.69) is 0 Å². The number of aromatic hydroxyl groups is 2. The predicted octanol–water partition coefficient (Wildman–Crippen LogP) is 5.51. The van der Waals surface area contributed by atoms with Crippen LogP contribution in [0.25, 0.3) is 0 Å². The smallest absolute Gasteiger partial charge is 0.160 e. The molecule has 0 saturated carbocycles. The van der Waals surface area contributed by atoms with Gasteiger partial charge < -0.3 is 19.7 Å². The molecule has 0 bridgehead atoms. The van der Waals surface area contributed by atoms with E-state index in [1.807, 2.05) is 39.8 Å². The Morgan fingerprint density at radius 1 is 0.788 bits per heavy atom. The first kappa shape index (κ1) is 28.0. The van der Waals surface area contributed by atoms with E-state index in [4.69, 9.17) is 9.47 Å². The van der Waals surface area contributed by atoms with Gasteiger partial charge in [0.25, 0.3) is 0 Å². The van der Waals surface area contributed by atoms with E-state index >= 15 is 0 Å². The number of hydrogen-bond donors (Lipinski definition) is 2. The molecule has 0 aliphatic carbocycles. The van der Waals surface area contributed by atoms with Crippen LogP contribution in [0.2, 0.25) is 0 Å². The summed E-state index contributed by atoms with van der Waals surface area (Å²) in [6, 6.07) is 10.4. The molecule has 0 aliphatic heterocycles. The lowest BCUT2D eigenvalue weighted by atomic mass is 9.94. The molecule has 2 atom stereocenters. The summed E-state index contributed by atoms with van der Waals surface area (Å²) in [5.74, 6) is 1.74. The molecule has 2 aromatic rings. The Morgan fingerprint density at radius 3 is 1.58 bits per heavy atom. The molecule has 0 fully saturated rings. The third-order valence-electron chi connectivity index (χ3n) is 5.52. The Bertz CT molecular complexity index is 905. The van der Waals surface area contributed by atoms with E-state index in [1.54, 1.807) is 24.3 Å². The monoisotopic (exact) mass is 458 g/mol. The van der Waals surface area contributed by atoms with Gasteiger partial charge in [-0.2, -0.15) is 0 Å². The van der Waals surface area contributed by atoms with Crippen molar-refractivity contribution in [3.05, 3.63) is 47.5 Å². The van der Waals surface area contributed by atoms with Crippen molar-refractivity contribution >= 4 is 11.6 Å². The molecule has 0 spiro atoms. The summed E-state index contributed by atoms with van der Waals surface area (Å²) in [5, 5.41) is 18.9. The second kappa shape index (κ2) is 14.2. The van der Waals surface area contributed by atoms with Crippen molar-refractivity contribution < 1.29 is 29.3 Å². The van der Waals surface area contributed by atoms with E-state index in [-0.39, 0.29) is 29.1 Å². The SMILES string of the molecule is CCC(=O)C(C)Cc1ccc(O)c(OC)c1.CCCC(=O)C(C)Cc1ccc(O)c(OC)c1. The normalized spacial score (nSPS) is 12.2. The first-order valence-electron chi connectivity index (χ1n) is 11.4. The van der Waals surface area contributed by atoms with Crippen LogP contribution in [0.15, 0.2) is 36.4 Å². The highest BCUT2D eigenvalue weighted by Gasteiger charge is 2.14. The van der Waals surface area contributed by atoms with Gasteiger partial charge in [0.15, 0.2) is 23.0 Å². The lowest BCUT2D eigenvalue weighted by Gasteiger charge is -2.11. The molecule has 0 aliphatic rings. The number of ketones is 2. The number of carbonyl (C=O) groups is 2. The third-order valence-corrected chi connectivity index (χ3v) is 5.52. The summed E-state index contributed by atoms with van der Waals surface area (Å²) in [6.45, 7) is 7.74. The number of methoxy groups -OCH3 is 2. The van der Waals surface area contributed by atoms with Crippen molar-refractivity contribution in [3.8, 4) is 23.0 Å². The van der Waals surface area contributed by atoms with Crippen LogP contribution in [0, 0.1) is 11.8 Å². The number of ether oxygens (including phenoxy) is 2. The van der Waals surface area contributed by atoms with Crippen LogP contribution in [0.4, 0.5) is 0 Å². The summed E-state index contributed by atoms with van der Waals surface area (Å²) >= 11 is 0. The molecule has 0 amide bonds. The van der Waals surface area contributed by atoms with Gasteiger partial charge in [-0.1, -0.05) is 39.8 Å². The van der Waals surface area contributed by atoms with E-state index in [0.717, 1.165) is 17.5 Å². The molecule has 0 radical (unpaired) electrons. The van der Waals surface area contributed by atoms with Crippen molar-refractivity contribution in [3.63, 3.8) is 0 Å². The molecule has 2 unspecified atom stereocenters. The van der Waals surface area contributed by atoms with Crippen LogP contribution in [0.3, 0.4) is 0 Å². The van der Waals surface area contributed by atoms with Crippen molar-refractivity contribution in [1.29, 1.82) is 0 Å². The number of phenolic OH excluding ortho intramolecular Hbond substituents is 2. The molecule has 2 aromatic carbocycles. The molecule has 2 rings (SSSR count). The zero-order valence-corrected chi connectivity index (χ0v) is 20.7. The molecule has 33 heavy (non-hydrogen) atoms. The van der Waals surface area contributed by atoms with Gasteiger partial charge in [0, 0.05) is 24.7 Å². The van der Waals surface area contributed by atoms with Gasteiger partial charge in [0.05, 0.1) is 14.2 Å². The number of rotatable bonds is 11. The second-order valence-corrected chi connectivity index (χ2v) is 8.26. The number of phenols is 2. The minimum absolute atomic E-state index is 0.0132. The number of Topliss-reactive ketones (excluding diaryl/α,β-unsaturated/α-hetero) is 2. The van der Waals surface area contributed by atoms with Crippen LogP contribution in [-0.2, 0) is 22.4 Å². The van der Waals surface area contributed by atoms with Crippen molar-refractivity contribution in [2.75, 3.05) is 14.2 Å². The van der Waals surface area contributed by atoms with Crippen LogP contribution in [-0.4, -0.2) is 36.0 Å². The van der Waals surface area contributed by atoms with Gasteiger partial charge in [-0.3, -0.25) is 9.59 Å². The van der Waals surface area contributed by atoms with Crippen molar-refractivity contribution in [1.82, 2.24) is 0 Å². The van der Waals surface area contributed by atoms with Crippen molar-refractivity contribution in [2.24, 2.45) is 11.8 Å². The number of benzene rings is 2. The van der Waals surface area contributed by atoms with Crippen LogP contribution in [0.5, 0.6) is 23.0 Å². The highest BCUT2D eigenvalue weighted by atomic mass is 16.5. The molecular weight excluding hydrogens is 420 g/mol. The lowest BCUT2D eigenvalue weighted by Crippen LogP contribution is -2.13. The lowest BCUT2D eigenvalue weighted by molar-refractivity contribution is -0.123. The third kappa shape index (κ3) is 9.16. The van der Waals surface area contributed by atoms with Gasteiger partial charge in [0.1, 0.15) is 11.6 Å². The predicted molar refractivity (Wildman–Crippen MR) is 130 cm³/mol. The Kier molecular flexibility index (Phi) is 12.0. The fourth-order valence-electron chi connectivity index (χ4n) is 3.47. The van der Waals surface area contributed by atoms with Gasteiger partial charge >= 0.3 is 0 Å². The maximum Gasteiger partial charge on any atom is 0.160 e. The molecule has 2 N–H and O–H groups in total. The molecule has 6 heteroatoms. The van der Waals surface area contributed by atoms with Gasteiger partial charge in [-0.05, 0) is 54.7 Å². The van der Waals surface area contributed by atoms with Crippen molar-refractivity contribution in [2.45, 2.75) is 59.8 Å². The van der Waals surface area contributed by atoms with E-state index in [0.29, 0.717) is 43.0 Å². The fraction of sp³-hybridized carbons (Fsp3) is 0.481. The van der Waals surface area contributed by atoms with Crippen LogP contribution in [0.1, 0.15) is 58.1 Å². The molecule has 0 aromatic heterocycles. The maximum atomic E-state index is 11.7. The number of hydrogen-bond acceptors (Lipinski definition) is 6. The van der Waals surface area contributed by atoms with E-state index in [1.165, 1.54) is 14.2 Å². The first-order valence-corrected chi connectivity index (χ1v) is 11.4. The Morgan fingerprint density at radius 2 is 1.21 bits per heavy atom. The fourth-order valence-corrected chi connectivity index (χ4v) is 3.47. The average Bonchev–Trinajstić information content (AvgIpc) is 2.81. The van der Waals surface area contributed by atoms with E-state index in [9.17, 15) is 19.8 Å². The first-order chi connectivity index (χ1) is 15.7. The Hall–Kier alpha value is -3.02. The summed E-state index contributed by atoms with van der Waals surface area (Å²) in [4.78, 5) is 23.1. The summed E-state index contributed by atoms with van der Waals surface area (Å²) < 4.78 is 10.1. The summed E-state index contributed by atoms with van der Waals surface area (Å²) in [6.07, 6.45) is 3.47. The molecule has 0 saturated heterocycles. The quantitative estimate of drug-likeness (QED) is 0.461. The minimum atomic E-state index is 0.0132. The summed E-state index contributed by atoms with van der Waals surface area (Å²) in [5.41, 5.74) is 2.01. The molecular formula is C27H38O6. The van der Waals surface area contributed by atoms with Gasteiger partial charge in [-0.25, -0.2) is 0 Å². The largest absolute Gasteiger partial charge is 0.504 e. The summed E-state index contributed by atoms with van der Waals surface area (Å²) in [7, 11) is 3.03. The zero-order valence-electron chi connectivity index (χ0n) is 20.7.